The van der Waals surface area contributed by atoms with Crippen molar-refractivity contribution in [3.05, 3.63) is 233 Å². The van der Waals surface area contributed by atoms with Crippen molar-refractivity contribution in [1.82, 2.24) is 0 Å². The molecule has 8 rings (SSSR count). The maximum absolute atomic E-state index is 4.50. The van der Waals surface area contributed by atoms with E-state index in [2.05, 4.69) is 249 Å². The summed E-state index contributed by atoms with van der Waals surface area (Å²) >= 11 is 4.50. The zero-order chi connectivity index (χ0) is 39.8. The quantitative estimate of drug-likeness (QED) is 0.103. The fraction of sp³-hybridized carbons (Fsp3) is 0.0545. The van der Waals surface area contributed by atoms with Gasteiger partial charge in [-0.2, -0.15) is 0 Å². The third kappa shape index (κ3) is 9.24. The molecule has 0 aliphatic heterocycles. The Morgan fingerprint density at radius 1 is 0.276 bits per heavy atom. The molecule has 8 aromatic rings. The molecular formula is C55H46N2S. The summed E-state index contributed by atoms with van der Waals surface area (Å²) in [5.74, 6) is 0. The molecule has 0 radical (unpaired) electrons. The van der Waals surface area contributed by atoms with Crippen molar-refractivity contribution in [2.75, 3.05) is 9.80 Å². The Kier molecular flexibility index (Phi) is 11.5. The standard InChI is InChI=1S/C55H46N2S/c1-40-4-26-49(27-5-40)56(50-28-6-41(2)7-29-50)52-32-18-45(19-33-52)12-10-43-14-22-47(23-15-43)48-24-16-44(17-25-48)11-13-46-20-34-53(35-21-46)57(51-30-8-42(3)9-31-51)54-36-38-55(58)39-37-54/h4-39,58H,1-3H3/b12-10+,13-11+. The number of hydrogen-bond donors (Lipinski definition) is 1. The van der Waals surface area contributed by atoms with Crippen LogP contribution in [0.1, 0.15) is 38.9 Å². The van der Waals surface area contributed by atoms with Crippen LogP contribution in [0.15, 0.2) is 199 Å². The Morgan fingerprint density at radius 3 is 0.741 bits per heavy atom. The lowest BCUT2D eigenvalue weighted by atomic mass is 10.0. The van der Waals surface area contributed by atoms with Crippen LogP contribution in [0, 0.1) is 20.8 Å². The Bertz CT molecular complexity index is 2340. The van der Waals surface area contributed by atoms with Gasteiger partial charge in [0.25, 0.3) is 0 Å². The summed E-state index contributed by atoms with van der Waals surface area (Å²) in [7, 11) is 0. The van der Waals surface area contributed by atoms with Crippen LogP contribution in [0.3, 0.4) is 0 Å². The Balaban J connectivity index is 0.908. The molecule has 0 unspecified atom stereocenters. The van der Waals surface area contributed by atoms with E-state index < -0.39 is 0 Å². The predicted molar refractivity (Wildman–Crippen MR) is 253 cm³/mol. The topological polar surface area (TPSA) is 6.48 Å². The average Bonchev–Trinajstić information content (AvgIpc) is 3.26. The molecule has 0 bridgehead atoms. The van der Waals surface area contributed by atoms with E-state index in [0.717, 1.165) is 61.3 Å². The minimum Gasteiger partial charge on any atom is -0.311 e. The smallest absolute Gasteiger partial charge is 0.0462 e. The van der Waals surface area contributed by atoms with Crippen LogP contribution >= 0.6 is 12.6 Å². The van der Waals surface area contributed by atoms with Crippen molar-refractivity contribution in [2.45, 2.75) is 25.7 Å². The lowest BCUT2D eigenvalue weighted by molar-refractivity contribution is 1.26. The van der Waals surface area contributed by atoms with Crippen molar-refractivity contribution < 1.29 is 0 Å². The Morgan fingerprint density at radius 2 is 0.483 bits per heavy atom. The van der Waals surface area contributed by atoms with Crippen molar-refractivity contribution in [2.24, 2.45) is 0 Å². The highest BCUT2D eigenvalue weighted by atomic mass is 32.1. The molecule has 0 aliphatic carbocycles. The third-order valence-corrected chi connectivity index (χ3v) is 10.7. The van der Waals surface area contributed by atoms with Crippen LogP contribution in [0.4, 0.5) is 34.1 Å². The van der Waals surface area contributed by atoms with E-state index in [1.54, 1.807) is 0 Å². The fourth-order valence-corrected chi connectivity index (χ4v) is 7.15. The third-order valence-electron chi connectivity index (χ3n) is 10.4. The zero-order valence-corrected chi connectivity index (χ0v) is 34.0. The Labute approximate surface area is 349 Å². The number of rotatable bonds is 11. The average molecular weight is 767 g/mol. The van der Waals surface area contributed by atoms with Crippen molar-refractivity contribution in [3.63, 3.8) is 0 Å². The number of anilines is 6. The molecule has 0 saturated heterocycles. The maximum atomic E-state index is 4.50. The van der Waals surface area contributed by atoms with Gasteiger partial charge in [-0.1, -0.05) is 150 Å². The molecule has 8 aromatic carbocycles. The van der Waals surface area contributed by atoms with Gasteiger partial charge in [-0.25, -0.2) is 0 Å². The highest BCUT2D eigenvalue weighted by Crippen LogP contribution is 2.37. The molecular weight excluding hydrogens is 721 g/mol. The van der Waals surface area contributed by atoms with Crippen LogP contribution in [-0.4, -0.2) is 0 Å². The second-order valence-electron chi connectivity index (χ2n) is 14.8. The van der Waals surface area contributed by atoms with Gasteiger partial charge in [0.1, 0.15) is 0 Å². The van der Waals surface area contributed by atoms with Crippen LogP contribution in [0.2, 0.25) is 0 Å². The molecule has 2 nitrogen and oxygen atoms in total. The van der Waals surface area contributed by atoms with E-state index in [9.17, 15) is 0 Å². The minimum atomic E-state index is 0.946. The fourth-order valence-electron chi connectivity index (χ4n) is 7.00. The first-order chi connectivity index (χ1) is 28.3. The predicted octanol–water partition coefficient (Wildman–Crippen LogP) is 15.8. The summed E-state index contributed by atoms with van der Waals surface area (Å²) in [5.41, 5.74) is 17.5. The first-order valence-electron chi connectivity index (χ1n) is 19.7. The highest BCUT2D eigenvalue weighted by Gasteiger charge is 2.13. The molecule has 0 heterocycles. The number of benzene rings is 8. The van der Waals surface area contributed by atoms with Crippen LogP contribution in [-0.2, 0) is 0 Å². The van der Waals surface area contributed by atoms with E-state index >= 15 is 0 Å². The van der Waals surface area contributed by atoms with Gasteiger partial charge in [-0.05, 0) is 139 Å². The summed E-state index contributed by atoms with van der Waals surface area (Å²) in [6, 6.07) is 69.3. The summed E-state index contributed by atoms with van der Waals surface area (Å²) < 4.78 is 0. The van der Waals surface area contributed by atoms with Crippen molar-refractivity contribution in [3.8, 4) is 11.1 Å². The van der Waals surface area contributed by atoms with Crippen molar-refractivity contribution >= 4 is 71.1 Å². The number of thiol groups is 1. The molecule has 3 heteroatoms. The van der Waals surface area contributed by atoms with E-state index in [0.29, 0.717) is 0 Å². The number of hydrogen-bond acceptors (Lipinski definition) is 3. The molecule has 0 aromatic heterocycles. The molecule has 282 valence electrons. The number of aryl methyl sites for hydroxylation is 3. The summed E-state index contributed by atoms with van der Waals surface area (Å²) in [4.78, 5) is 5.52. The van der Waals surface area contributed by atoms with Crippen LogP contribution < -0.4 is 9.80 Å². The molecule has 0 amide bonds. The SMILES string of the molecule is Cc1ccc(N(c2ccc(C)cc2)c2ccc(/C=C/c3ccc(-c4ccc(/C=C/c5ccc(N(c6ccc(C)cc6)c6ccc(S)cc6)cc5)cc4)cc3)cc2)cc1. The lowest BCUT2D eigenvalue weighted by Crippen LogP contribution is -2.09. The zero-order valence-electron chi connectivity index (χ0n) is 33.1. The molecule has 0 fully saturated rings. The van der Waals surface area contributed by atoms with Gasteiger partial charge in [-0.15, -0.1) is 12.6 Å². The lowest BCUT2D eigenvalue weighted by Gasteiger charge is -2.25. The summed E-state index contributed by atoms with van der Waals surface area (Å²) in [6.45, 7) is 6.36. The van der Waals surface area contributed by atoms with Crippen LogP contribution in [0.25, 0.3) is 35.4 Å². The summed E-state index contributed by atoms with van der Waals surface area (Å²) in [6.07, 6.45) is 8.70. The van der Waals surface area contributed by atoms with E-state index in [4.69, 9.17) is 0 Å². The van der Waals surface area contributed by atoms with Gasteiger partial charge in [0.15, 0.2) is 0 Å². The molecule has 0 spiro atoms. The highest BCUT2D eigenvalue weighted by molar-refractivity contribution is 7.80. The van der Waals surface area contributed by atoms with Gasteiger partial charge in [0.2, 0.25) is 0 Å². The van der Waals surface area contributed by atoms with E-state index in [1.165, 1.54) is 27.8 Å². The maximum Gasteiger partial charge on any atom is 0.0462 e. The number of nitrogens with zero attached hydrogens (tertiary/aromatic N) is 2. The normalized spacial score (nSPS) is 11.3. The molecule has 58 heavy (non-hydrogen) atoms. The van der Waals surface area contributed by atoms with Crippen molar-refractivity contribution in [1.29, 1.82) is 0 Å². The van der Waals surface area contributed by atoms with Gasteiger partial charge in [0, 0.05) is 39.0 Å². The largest absolute Gasteiger partial charge is 0.311 e. The monoisotopic (exact) mass is 766 g/mol. The van der Waals surface area contributed by atoms with E-state index in [1.807, 2.05) is 12.1 Å². The first kappa shape index (κ1) is 38.1. The van der Waals surface area contributed by atoms with Gasteiger partial charge < -0.3 is 9.80 Å². The minimum absolute atomic E-state index is 0.946. The molecule has 0 atom stereocenters. The second-order valence-corrected chi connectivity index (χ2v) is 15.3. The first-order valence-corrected chi connectivity index (χ1v) is 20.2. The van der Waals surface area contributed by atoms with Gasteiger partial charge >= 0.3 is 0 Å². The van der Waals surface area contributed by atoms with E-state index in [-0.39, 0.29) is 0 Å². The molecule has 0 saturated carbocycles. The molecule has 0 N–H and O–H groups in total. The van der Waals surface area contributed by atoms with Gasteiger partial charge in [-0.3, -0.25) is 0 Å². The Hall–Kier alpha value is -6.81. The molecule has 0 aliphatic rings. The van der Waals surface area contributed by atoms with Crippen LogP contribution in [0.5, 0.6) is 0 Å². The summed E-state index contributed by atoms with van der Waals surface area (Å²) in [5, 5.41) is 0. The van der Waals surface area contributed by atoms with Gasteiger partial charge in [0.05, 0.1) is 0 Å². The second kappa shape index (κ2) is 17.5.